The smallest absolute Gasteiger partial charge is 0.226 e. The van der Waals surface area contributed by atoms with Crippen molar-refractivity contribution in [1.82, 2.24) is 34.7 Å². The van der Waals surface area contributed by atoms with E-state index in [0.29, 0.717) is 17.0 Å². The Hall–Kier alpha value is -2.22. The summed E-state index contributed by atoms with van der Waals surface area (Å²) in [4.78, 5) is 15.2. The average Bonchev–Trinajstić information content (AvgIpc) is 2.97. The van der Waals surface area contributed by atoms with Crippen molar-refractivity contribution in [3.63, 3.8) is 0 Å². The molecule has 0 spiro atoms. The summed E-state index contributed by atoms with van der Waals surface area (Å²) < 4.78 is 1.84. The zero-order chi connectivity index (χ0) is 13.4. The maximum absolute atomic E-state index is 5.87. The van der Waals surface area contributed by atoms with Crippen molar-refractivity contribution in [3.8, 4) is 0 Å². The molecule has 3 aromatic heterocycles. The first-order valence-corrected chi connectivity index (χ1v) is 6.00. The number of H-pyrrole nitrogens is 1. The van der Waals surface area contributed by atoms with Crippen LogP contribution in [0.15, 0.2) is 12.7 Å². The first-order chi connectivity index (χ1) is 9.15. The second-order valence-electron chi connectivity index (χ2n) is 4.11. The lowest BCUT2D eigenvalue weighted by Crippen LogP contribution is -2.13. The van der Waals surface area contributed by atoms with Crippen LogP contribution in [0.2, 0.25) is 5.28 Å². The Bertz CT molecular complexity index is 717. The molecule has 0 amide bonds. The summed E-state index contributed by atoms with van der Waals surface area (Å²) in [6.07, 6.45) is 3.19. The van der Waals surface area contributed by atoms with Gasteiger partial charge in [-0.25, -0.2) is 4.98 Å². The number of fused-ring (bicyclic) bond motifs is 1. The molecular formula is C10H11ClN8. The number of rotatable bonds is 3. The van der Waals surface area contributed by atoms with E-state index in [-0.39, 0.29) is 11.3 Å². The van der Waals surface area contributed by atoms with Crippen molar-refractivity contribution < 1.29 is 0 Å². The topological polar surface area (TPSA) is 97.2 Å². The van der Waals surface area contributed by atoms with Crippen LogP contribution < -0.4 is 5.32 Å². The Kier molecular flexibility index (Phi) is 2.79. The standard InChI is InChI=1S/C10H11ClN8/c1-5(9-18-14-4-19(9)2)15-8-6-7(13-3-12-6)16-10(11)17-8/h3-5H,1-2H3,(H2,12,13,15,16,17). The highest BCUT2D eigenvalue weighted by molar-refractivity contribution is 6.28. The molecule has 0 aliphatic rings. The van der Waals surface area contributed by atoms with Crippen molar-refractivity contribution in [2.45, 2.75) is 13.0 Å². The highest BCUT2D eigenvalue weighted by Crippen LogP contribution is 2.22. The number of anilines is 1. The lowest BCUT2D eigenvalue weighted by Gasteiger charge is -2.13. The molecule has 0 saturated heterocycles. The fourth-order valence-electron chi connectivity index (χ4n) is 1.86. The monoisotopic (exact) mass is 278 g/mol. The van der Waals surface area contributed by atoms with Crippen LogP contribution in [0.5, 0.6) is 0 Å². The second-order valence-corrected chi connectivity index (χ2v) is 4.45. The predicted molar refractivity (Wildman–Crippen MR) is 69.7 cm³/mol. The van der Waals surface area contributed by atoms with Gasteiger partial charge in [0.1, 0.15) is 11.8 Å². The van der Waals surface area contributed by atoms with E-state index in [1.807, 2.05) is 18.5 Å². The molecule has 19 heavy (non-hydrogen) atoms. The van der Waals surface area contributed by atoms with Gasteiger partial charge in [-0.15, -0.1) is 10.2 Å². The Morgan fingerprint density at radius 2 is 2.26 bits per heavy atom. The minimum absolute atomic E-state index is 0.0787. The maximum atomic E-state index is 5.87. The first kappa shape index (κ1) is 11.8. The number of hydrogen-bond donors (Lipinski definition) is 2. The summed E-state index contributed by atoms with van der Waals surface area (Å²) >= 11 is 5.87. The van der Waals surface area contributed by atoms with Crippen LogP contribution in [0.3, 0.4) is 0 Å². The zero-order valence-corrected chi connectivity index (χ0v) is 11.0. The number of nitrogens with zero attached hydrogens (tertiary/aromatic N) is 6. The van der Waals surface area contributed by atoms with Crippen molar-refractivity contribution in [2.75, 3.05) is 5.32 Å². The summed E-state index contributed by atoms with van der Waals surface area (Å²) in [5.41, 5.74) is 1.23. The lowest BCUT2D eigenvalue weighted by atomic mass is 10.3. The van der Waals surface area contributed by atoms with Crippen molar-refractivity contribution in [3.05, 3.63) is 23.8 Å². The summed E-state index contributed by atoms with van der Waals surface area (Å²) in [7, 11) is 1.88. The van der Waals surface area contributed by atoms with E-state index < -0.39 is 0 Å². The van der Waals surface area contributed by atoms with E-state index in [9.17, 15) is 0 Å². The van der Waals surface area contributed by atoms with E-state index >= 15 is 0 Å². The van der Waals surface area contributed by atoms with Gasteiger partial charge in [-0.3, -0.25) is 0 Å². The molecule has 3 heterocycles. The molecule has 1 atom stereocenters. The molecular weight excluding hydrogens is 268 g/mol. The summed E-state index contributed by atoms with van der Waals surface area (Å²) in [6, 6.07) is -0.0787. The SMILES string of the molecule is CC(Nc1nc(Cl)nc2nc[nH]c12)c1nncn1C. The molecule has 0 aliphatic heterocycles. The van der Waals surface area contributed by atoms with E-state index in [1.165, 1.54) is 0 Å². The molecule has 0 bridgehead atoms. The van der Waals surface area contributed by atoms with E-state index in [4.69, 9.17) is 11.6 Å². The number of aryl methyl sites for hydroxylation is 1. The number of nitrogens with one attached hydrogen (secondary N) is 2. The zero-order valence-electron chi connectivity index (χ0n) is 10.3. The van der Waals surface area contributed by atoms with Gasteiger partial charge in [0.2, 0.25) is 5.28 Å². The third-order valence-electron chi connectivity index (χ3n) is 2.75. The third-order valence-corrected chi connectivity index (χ3v) is 2.91. The van der Waals surface area contributed by atoms with Crippen molar-refractivity contribution in [2.24, 2.45) is 7.05 Å². The molecule has 3 aromatic rings. The van der Waals surface area contributed by atoms with Crippen molar-refractivity contribution >= 4 is 28.6 Å². The summed E-state index contributed by atoms with van der Waals surface area (Å²) in [6.45, 7) is 1.96. The number of halogens is 1. The minimum atomic E-state index is -0.0787. The fraction of sp³-hybridized carbons (Fsp3) is 0.300. The van der Waals surface area contributed by atoms with Gasteiger partial charge in [0.15, 0.2) is 17.3 Å². The Balaban J connectivity index is 1.97. The first-order valence-electron chi connectivity index (χ1n) is 5.62. The summed E-state index contributed by atoms with van der Waals surface area (Å²) in [5.74, 6) is 1.38. The van der Waals surface area contributed by atoms with Gasteiger partial charge in [0.25, 0.3) is 0 Å². The highest BCUT2D eigenvalue weighted by atomic mass is 35.5. The van der Waals surface area contributed by atoms with Gasteiger partial charge >= 0.3 is 0 Å². The number of hydrogen-bond acceptors (Lipinski definition) is 6. The molecule has 8 nitrogen and oxygen atoms in total. The quantitative estimate of drug-likeness (QED) is 0.701. The lowest BCUT2D eigenvalue weighted by molar-refractivity contribution is 0.717. The molecule has 98 valence electrons. The molecule has 0 aromatic carbocycles. The van der Waals surface area contributed by atoms with Crippen LogP contribution >= 0.6 is 11.6 Å². The van der Waals surface area contributed by atoms with Crippen LogP contribution in [-0.2, 0) is 7.05 Å². The third kappa shape index (κ3) is 2.10. The number of aromatic amines is 1. The molecule has 3 rings (SSSR count). The minimum Gasteiger partial charge on any atom is -0.358 e. The molecule has 1 unspecified atom stereocenters. The molecule has 0 aliphatic carbocycles. The van der Waals surface area contributed by atoms with Crippen LogP contribution in [0.25, 0.3) is 11.2 Å². The molecule has 0 radical (unpaired) electrons. The molecule has 0 saturated carbocycles. The van der Waals surface area contributed by atoms with Crippen LogP contribution in [-0.4, -0.2) is 34.7 Å². The van der Waals surface area contributed by atoms with Gasteiger partial charge in [-0.2, -0.15) is 9.97 Å². The van der Waals surface area contributed by atoms with Gasteiger partial charge < -0.3 is 14.9 Å². The van der Waals surface area contributed by atoms with Crippen molar-refractivity contribution in [1.29, 1.82) is 0 Å². The maximum Gasteiger partial charge on any atom is 0.226 e. The average molecular weight is 279 g/mol. The van der Waals surface area contributed by atoms with Crippen LogP contribution in [0, 0.1) is 0 Å². The largest absolute Gasteiger partial charge is 0.358 e. The second kappa shape index (κ2) is 4.47. The highest BCUT2D eigenvalue weighted by Gasteiger charge is 2.15. The fourth-order valence-corrected chi connectivity index (χ4v) is 2.03. The van der Waals surface area contributed by atoms with Crippen LogP contribution in [0.1, 0.15) is 18.8 Å². The molecule has 0 fully saturated rings. The van der Waals surface area contributed by atoms with Crippen LogP contribution in [0.4, 0.5) is 5.82 Å². The normalized spacial score (nSPS) is 12.8. The Morgan fingerprint density at radius 1 is 1.42 bits per heavy atom. The van der Waals surface area contributed by atoms with Gasteiger partial charge in [-0.1, -0.05) is 0 Å². The molecule has 9 heteroatoms. The predicted octanol–water partition coefficient (Wildman–Crippen LogP) is 1.31. The Morgan fingerprint density at radius 3 is 3.00 bits per heavy atom. The van der Waals surface area contributed by atoms with Gasteiger partial charge in [0.05, 0.1) is 12.4 Å². The molecule has 2 N–H and O–H groups in total. The van der Waals surface area contributed by atoms with E-state index in [0.717, 1.165) is 5.82 Å². The van der Waals surface area contributed by atoms with E-state index in [1.54, 1.807) is 12.7 Å². The van der Waals surface area contributed by atoms with Gasteiger partial charge in [-0.05, 0) is 18.5 Å². The van der Waals surface area contributed by atoms with E-state index in [2.05, 4.69) is 35.5 Å². The Labute approximate surface area is 113 Å². The van der Waals surface area contributed by atoms with Gasteiger partial charge in [0, 0.05) is 7.05 Å². The number of imidazole rings is 1. The summed E-state index contributed by atoms with van der Waals surface area (Å²) in [5, 5.41) is 11.3. The number of aromatic nitrogens is 7.